The Hall–Kier alpha value is -0.630. The SMILES string of the molecule is COCC(C)(O)C1(C#N)CC2CCC1O2. The molecule has 2 rings (SSSR count). The average Bonchev–Trinajstić information content (AvgIpc) is 2.76. The molecule has 2 saturated heterocycles. The van der Waals surface area contributed by atoms with E-state index in [9.17, 15) is 10.4 Å². The summed E-state index contributed by atoms with van der Waals surface area (Å²) in [6, 6.07) is 2.28. The van der Waals surface area contributed by atoms with Gasteiger partial charge < -0.3 is 14.6 Å². The van der Waals surface area contributed by atoms with E-state index in [2.05, 4.69) is 6.07 Å². The van der Waals surface area contributed by atoms with Gasteiger partial charge in [0.15, 0.2) is 0 Å². The highest BCUT2D eigenvalue weighted by atomic mass is 16.5. The lowest BCUT2D eigenvalue weighted by atomic mass is 9.65. The summed E-state index contributed by atoms with van der Waals surface area (Å²) in [5.74, 6) is 0. The molecule has 15 heavy (non-hydrogen) atoms. The molecule has 0 aromatic carbocycles. The average molecular weight is 211 g/mol. The highest BCUT2D eigenvalue weighted by molar-refractivity contribution is 5.20. The number of hydrogen-bond donors (Lipinski definition) is 1. The van der Waals surface area contributed by atoms with Crippen LogP contribution in [0.5, 0.6) is 0 Å². The van der Waals surface area contributed by atoms with Crippen LogP contribution in [-0.4, -0.2) is 36.6 Å². The van der Waals surface area contributed by atoms with Crippen molar-refractivity contribution < 1.29 is 14.6 Å². The molecule has 0 aromatic rings. The molecule has 2 aliphatic rings. The van der Waals surface area contributed by atoms with E-state index >= 15 is 0 Å². The van der Waals surface area contributed by atoms with Crippen molar-refractivity contribution in [3.63, 3.8) is 0 Å². The molecule has 2 fully saturated rings. The number of aliphatic hydroxyl groups is 1. The molecule has 84 valence electrons. The highest BCUT2D eigenvalue weighted by Crippen LogP contribution is 2.53. The van der Waals surface area contributed by atoms with E-state index < -0.39 is 11.0 Å². The van der Waals surface area contributed by atoms with Crippen molar-refractivity contribution in [1.29, 1.82) is 5.26 Å². The number of hydrogen-bond acceptors (Lipinski definition) is 4. The Labute approximate surface area is 89.8 Å². The Morgan fingerprint density at radius 1 is 1.67 bits per heavy atom. The minimum atomic E-state index is -1.13. The van der Waals surface area contributed by atoms with Gasteiger partial charge in [-0.25, -0.2) is 0 Å². The van der Waals surface area contributed by atoms with Crippen LogP contribution in [0, 0.1) is 16.7 Å². The summed E-state index contributed by atoms with van der Waals surface area (Å²) in [6.07, 6.45) is 2.54. The lowest BCUT2D eigenvalue weighted by Crippen LogP contribution is -2.53. The van der Waals surface area contributed by atoms with Crippen molar-refractivity contribution >= 4 is 0 Å². The first-order valence-electron chi connectivity index (χ1n) is 5.34. The van der Waals surface area contributed by atoms with Crippen LogP contribution in [0.1, 0.15) is 26.2 Å². The molecule has 0 aliphatic carbocycles. The van der Waals surface area contributed by atoms with Gasteiger partial charge in [0.1, 0.15) is 11.0 Å². The minimum Gasteiger partial charge on any atom is -0.386 e. The Morgan fingerprint density at radius 2 is 2.40 bits per heavy atom. The van der Waals surface area contributed by atoms with Gasteiger partial charge in [0, 0.05) is 7.11 Å². The van der Waals surface area contributed by atoms with E-state index in [0.717, 1.165) is 12.8 Å². The molecular formula is C11H17NO3. The third-order valence-corrected chi connectivity index (χ3v) is 3.79. The van der Waals surface area contributed by atoms with Crippen molar-refractivity contribution in [1.82, 2.24) is 0 Å². The molecule has 4 atom stereocenters. The first-order valence-corrected chi connectivity index (χ1v) is 5.34. The first kappa shape index (κ1) is 10.9. The monoisotopic (exact) mass is 211 g/mol. The van der Waals surface area contributed by atoms with Crippen LogP contribution in [-0.2, 0) is 9.47 Å². The third kappa shape index (κ3) is 1.38. The summed E-state index contributed by atoms with van der Waals surface area (Å²) < 4.78 is 10.7. The molecule has 1 N–H and O–H groups in total. The standard InChI is InChI=1S/C11H17NO3/c1-10(13,7-14-2)11(6-12)5-8-3-4-9(11)15-8/h8-9,13H,3-5,7H2,1-2H3. The van der Waals surface area contributed by atoms with Gasteiger partial charge >= 0.3 is 0 Å². The number of nitriles is 1. The van der Waals surface area contributed by atoms with Crippen LogP contribution >= 0.6 is 0 Å². The molecule has 4 unspecified atom stereocenters. The van der Waals surface area contributed by atoms with E-state index in [4.69, 9.17) is 9.47 Å². The predicted octanol–water partition coefficient (Wildman–Crippen LogP) is 0.845. The quantitative estimate of drug-likeness (QED) is 0.751. The summed E-state index contributed by atoms with van der Waals surface area (Å²) in [4.78, 5) is 0. The molecule has 0 spiro atoms. The number of methoxy groups -OCH3 is 1. The summed E-state index contributed by atoms with van der Waals surface area (Å²) in [5.41, 5.74) is -1.91. The maximum atomic E-state index is 10.4. The van der Waals surface area contributed by atoms with Gasteiger partial charge in [0.05, 0.1) is 24.9 Å². The largest absolute Gasteiger partial charge is 0.386 e. The van der Waals surface area contributed by atoms with E-state index in [1.165, 1.54) is 7.11 Å². The van der Waals surface area contributed by atoms with Crippen molar-refractivity contribution in [3.8, 4) is 6.07 Å². The molecule has 0 amide bonds. The maximum absolute atomic E-state index is 10.4. The van der Waals surface area contributed by atoms with Crippen LogP contribution in [0.2, 0.25) is 0 Å². The fourth-order valence-corrected chi connectivity index (χ4v) is 2.92. The van der Waals surface area contributed by atoms with Gasteiger partial charge in [0.25, 0.3) is 0 Å². The second-order valence-electron chi connectivity index (χ2n) is 4.82. The van der Waals surface area contributed by atoms with Crippen LogP contribution in [0.25, 0.3) is 0 Å². The van der Waals surface area contributed by atoms with E-state index in [1.54, 1.807) is 6.92 Å². The molecule has 2 bridgehead atoms. The summed E-state index contributed by atoms with van der Waals surface area (Å²) >= 11 is 0. The van der Waals surface area contributed by atoms with E-state index in [0.29, 0.717) is 6.42 Å². The molecule has 0 radical (unpaired) electrons. The van der Waals surface area contributed by atoms with Crippen LogP contribution in [0.3, 0.4) is 0 Å². The fourth-order valence-electron chi connectivity index (χ4n) is 2.92. The van der Waals surface area contributed by atoms with Crippen molar-refractivity contribution in [3.05, 3.63) is 0 Å². The summed E-state index contributed by atoms with van der Waals surface area (Å²) in [7, 11) is 1.54. The molecule has 0 saturated carbocycles. The number of ether oxygens (including phenoxy) is 2. The molecule has 2 heterocycles. The van der Waals surface area contributed by atoms with Crippen molar-refractivity contribution in [2.75, 3.05) is 13.7 Å². The lowest BCUT2D eigenvalue weighted by molar-refractivity contribution is -0.110. The lowest BCUT2D eigenvalue weighted by Gasteiger charge is -2.40. The van der Waals surface area contributed by atoms with E-state index in [1.807, 2.05) is 0 Å². The minimum absolute atomic E-state index is 0.127. The Morgan fingerprint density at radius 3 is 2.80 bits per heavy atom. The number of fused-ring (bicyclic) bond motifs is 2. The predicted molar refractivity (Wildman–Crippen MR) is 53.1 cm³/mol. The third-order valence-electron chi connectivity index (χ3n) is 3.79. The second kappa shape index (κ2) is 3.44. The Balaban J connectivity index is 2.27. The Kier molecular flexibility index (Phi) is 2.50. The topological polar surface area (TPSA) is 62.5 Å². The van der Waals surface area contributed by atoms with Gasteiger partial charge in [-0.2, -0.15) is 5.26 Å². The zero-order chi connectivity index (χ0) is 11.1. The second-order valence-corrected chi connectivity index (χ2v) is 4.82. The van der Waals surface area contributed by atoms with Crippen LogP contribution in [0.15, 0.2) is 0 Å². The molecular weight excluding hydrogens is 194 g/mol. The normalized spacial score (nSPS) is 42.5. The van der Waals surface area contributed by atoms with Crippen LogP contribution < -0.4 is 0 Å². The maximum Gasteiger partial charge on any atom is 0.116 e. The van der Waals surface area contributed by atoms with E-state index in [-0.39, 0.29) is 18.8 Å². The molecule has 4 nitrogen and oxygen atoms in total. The highest BCUT2D eigenvalue weighted by Gasteiger charge is 2.61. The number of nitrogens with zero attached hydrogens (tertiary/aromatic N) is 1. The van der Waals surface area contributed by atoms with Gasteiger partial charge in [-0.1, -0.05) is 0 Å². The first-order chi connectivity index (χ1) is 7.05. The zero-order valence-electron chi connectivity index (χ0n) is 9.19. The van der Waals surface area contributed by atoms with Crippen LogP contribution in [0.4, 0.5) is 0 Å². The molecule has 0 aromatic heterocycles. The van der Waals surface area contributed by atoms with Gasteiger partial charge in [0.2, 0.25) is 0 Å². The molecule has 2 aliphatic heterocycles. The van der Waals surface area contributed by atoms with Crippen molar-refractivity contribution in [2.45, 2.75) is 44.0 Å². The smallest absolute Gasteiger partial charge is 0.116 e. The summed E-state index contributed by atoms with van der Waals surface area (Å²) in [5, 5.41) is 19.7. The van der Waals surface area contributed by atoms with Gasteiger partial charge in [-0.3, -0.25) is 0 Å². The number of rotatable bonds is 3. The van der Waals surface area contributed by atoms with Crippen molar-refractivity contribution in [2.24, 2.45) is 5.41 Å². The summed E-state index contributed by atoms with van der Waals surface area (Å²) in [6.45, 7) is 1.84. The van der Waals surface area contributed by atoms with Gasteiger partial charge in [-0.05, 0) is 26.2 Å². The fraction of sp³-hybridized carbons (Fsp3) is 0.909. The Bertz CT molecular complexity index is 297. The molecule has 4 heteroatoms. The van der Waals surface area contributed by atoms with Gasteiger partial charge in [-0.15, -0.1) is 0 Å². The zero-order valence-corrected chi connectivity index (χ0v) is 9.19.